The molecule has 0 amide bonds. The van der Waals surface area contributed by atoms with Crippen LogP contribution in [0.5, 0.6) is 0 Å². The van der Waals surface area contributed by atoms with Crippen molar-refractivity contribution in [3.63, 3.8) is 0 Å². The van der Waals surface area contributed by atoms with E-state index in [9.17, 15) is 18.0 Å². The van der Waals surface area contributed by atoms with E-state index in [0.29, 0.717) is 10.6 Å². The van der Waals surface area contributed by atoms with Crippen molar-refractivity contribution in [1.82, 2.24) is 4.72 Å². The number of carboxylic acids is 1. The molecule has 0 saturated heterocycles. The molecule has 0 aliphatic carbocycles. The molecule has 2 N–H and O–H groups in total. The maximum Gasteiger partial charge on any atom is 0.304 e. The molecular weight excluding hydrogens is 378 g/mol. The Balaban J connectivity index is 2.06. The number of ketones is 1. The van der Waals surface area contributed by atoms with Gasteiger partial charge in [-0.15, -0.1) is 0 Å². The number of carbonyl (C=O) groups excluding carboxylic acids is 1. The number of aliphatic carboxylic acids is 1. The molecule has 0 aliphatic rings. The van der Waals surface area contributed by atoms with E-state index in [4.69, 9.17) is 16.7 Å². The van der Waals surface area contributed by atoms with Crippen LogP contribution in [0, 0.1) is 0 Å². The number of hydrogen-bond donors (Lipinski definition) is 2. The van der Waals surface area contributed by atoms with Gasteiger partial charge in [-0.2, -0.15) is 0 Å². The Bertz CT molecular complexity index is 936. The van der Waals surface area contributed by atoms with Gasteiger partial charge in [-0.1, -0.05) is 29.8 Å². The van der Waals surface area contributed by atoms with Crippen molar-refractivity contribution in [3.8, 4) is 0 Å². The smallest absolute Gasteiger partial charge is 0.304 e. The van der Waals surface area contributed by atoms with Crippen molar-refractivity contribution < 1.29 is 23.1 Å². The van der Waals surface area contributed by atoms with Gasteiger partial charge in [0.1, 0.15) is 0 Å². The highest BCUT2D eigenvalue weighted by Gasteiger charge is 2.14. The molecule has 8 heteroatoms. The molecule has 6 nitrogen and oxygen atoms in total. The van der Waals surface area contributed by atoms with E-state index >= 15 is 0 Å². The van der Waals surface area contributed by atoms with Gasteiger partial charge in [0, 0.05) is 17.1 Å². The second-order valence-electron chi connectivity index (χ2n) is 5.32. The van der Waals surface area contributed by atoms with Crippen LogP contribution in [0.15, 0.2) is 59.5 Å². The predicted molar refractivity (Wildman–Crippen MR) is 98.7 cm³/mol. The van der Waals surface area contributed by atoms with Gasteiger partial charge in [0.25, 0.3) is 0 Å². The first-order chi connectivity index (χ1) is 12.3. The zero-order chi connectivity index (χ0) is 19.2. The van der Waals surface area contributed by atoms with Gasteiger partial charge in [-0.05, 0) is 48.0 Å². The van der Waals surface area contributed by atoms with Crippen LogP contribution >= 0.6 is 11.6 Å². The number of benzene rings is 2. The van der Waals surface area contributed by atoms with Crippen molar-refractivity contribution in [2.24, 2.45) is 0 Å². The van der Waals surface area contributed by atoms with Gasteiger partial charge in [0.2, 0.25) is 10.0 Å². The summed E-state index contributed by atoms with van der Waals surface area (Å²) in [6, 6.07) is 12.4. The second kappa shape index (κ2) is 8.75. The molecule has 2 aromatic rings. The SMILES string of the molecule is O=C(O)CCNS(=O)(=O)c1ccc(C(=O)C=Cc2cccc(Cl)c2)cc1. The van der Waals surface area contributed by atoms with Crippen molar-refractivity contribution in [2.45, 2.75) is 11.3 Å². The minimum atomic E-state index is -3.82. The third-order valence-electron chi connectivity index (χ3n) is 3.36. The molecule has 0 heterocycles. The Morgan fingerprint density at radius 2 is 1.81 bits per heavy atom. The summed E-state index contributed by atoms with van der Waals surface area (Å²) in [5.74, 6) is -1.38. The average Bonchev–Trinajstić information content (AvgIpc) is 2.59. The van der Waals surface area contributed by atoms with Crippen molar-refractivity contribution in [3.05, 3.63) is 70.8 Å². The zero-order valence-corrected chi connectivity index (χ0v) is 15.1. The summed E-state index contributed by atoms with van der Waals surface area (Å²) in [6.07, 6.45) is 2.68. The quantitative estimate of drug-likeness (QED) is 0.530. The van der Waals surface area contributed by atoms with E-state index in [1.807, 2.05) is 0 Å². The van der Waals surface area contributed by atoms with Crippen LogP contribution < -0.4 is 4.72 Å². The Kier molecular flexibility index (Phi) is 6.68. The Morgan fingerprint density at radius 3 is 2.42 bits per heavy atom. The lowest BCUT2D eigenvalue weighted by molar-refractivity contribution is -0.136. The number of nitrogens with one attached hydrogen (secondary N) is 1. The fourth-order valence-corrected chi connectivity index (χ4v) is 3.28. The van der Waals surface area contributed by atoms with Gasteiger partial charge in [0.15, 0.2) is 5.78 Å². The normalized spacial score (nSPS) is 11.6. The lowest BCUT2D eigenvalue weighted by Crippen LogP contribution is -2.26. The first-order valence-electron chi connectivity index (χ1n) is 7.57. The lowest BCUT2D eigenvalue weighted by atomic mass is 10.1. The Morgan fingerprint density at radius 1 is 1.12 bits per heavy atom. The summed E-state index contributed by atoms with van der Waals surface area (Å²) in [4.78, 5) is 22.6. The maximum absolute atomic E-state index is 12.2. The van der Waals surface area contributed by atoms with Crippen molar-refractivity contribution >= 4 is 39.5 Å². The molecule has 0 unspecified atom stereocenters. The summed E-state index contributed by atoms with van der Waals surface area (Å²) in [6.45, 7) is -0.208. The predicted octanol–water partition coefficient (Wildman–Crippen LogP) is 2.99. The molecule has 0 spiro atoms. The number of hydrogen-bond acceptors (Lipinski definition) is 4. The largest absolute Gasteiger partial charge is 0.481 e. The summed E-state index contributed by atoms with van der Waals surface area (Å²) >= 11 is 5.88. The number of carboxylic acid groups (broad SMARTS) is 1. The number of halogens is 1. The first kappa shape index (κ1) is 19.8. The van der Waals surface area contributed by atoms with Crippen LogP contribution in [-0.2, 0) is 14.8 Å². The zero-order valence-electron chi connectivity index (χ0n) is 13.6. The molecule has 0 aromatic heterocycles. The average molecular weight is 394 g/mol. The van der Waals surface area contributed by atoms with Gasteiger partial charge in [-0.3, -0.25) is 9.59 Å². The fourth-order valence-electron chi connectivity index (χ4n) is 2.05. The standard InChI is InChI=1S/C18H16ClNO5S/c19-15-3-1-2-13(12-15)4-9-17(21)14-5-7-16(8-6-14)26(24,25)20-11-10-18(22)23/h1-9,12,20H,10-11H2,(H,22,23). The molecule has 0 bridgehead atoms. The van der Waals surface area contributed by atoms with Crippen molar-refractivity contribution in [1.29, 1.82) is 0 Å². The number of carbonyl (C=O) groups is 2. The lowest BCUT2D eigenvalue weighted by Gasteiger charge is -2.06. The maximum atomic E-state index is 12.2. The van der Waals surface area contributed by atoms with Gasteiger partial charge >= 0.3 is 5.97 Å². The minimum Gasteiger partial charge on any atom is -0.481 e. The molecule has 26 heavy (non-hydrogen) atoms. The number of sulfonamides is 1. The molecule has 0 atom stereocenters. The van der Waals surface area contributed by atoms with E-state index in [-0.39, 0.29) is 23.6 Å². The molecule has 0 saturated carbocycles. The Hall–Kier alpha value is -2.48. The molecule has 0 fully saturated rings. The number of rotatable bonds is 8. The molecule has 0 radical (unpaired) electrons. The highest BCUT2D eigenvalue weighted by Crippen LogP contribution is 2.14. The summed E-state index contributed by atoms with van der Waals surface area (Å²) in [5, 5.41) is 9.10. The van der Waals surface area contributed by atoms with Crippen molar-refractivity contribution in [2.75, 3.05) is 6.54 Å². The molecule has 136 valence electrons. The summed E-state index contributed by atoms with van der Waals surface area (Å²) in [7, 11) is -3.82. The molecule has 2 aromatic carbocycles. The summed E-state index contributed by atoms with van der Waals surface area (Å²) < 4.78 is 26.2. The van der Waals surface area contributed by atoms with Gasteiger partial charge in [-0.25, -0.2) is 13.1 Å². The highest BCUT2D eigenvalue weighted by molar-refractivity contribution is 7.89. The molecule has 0 aliphatic heterocycles. The van der Waals surface area contributed by atoms with E-state index in [2.05, 4.69) is 4.72 Å². The Labute approximate surface area is 156 Å². The topological polar surface area (TPSA) is 101 Å². The van der Waals surface area contributed by atoms with Crippen LogP contribution in [0.3, 0.4) is 0 Å². The number of allylic oxidation sites excluding steroid dienone is 1. The van der Waals surface area contributed by atoms with Crippen LogP contribution in [0.1, 0.15) is 22.3 Å². The van der Waals surface area contributed by atoms with E-state index in [1.54, 1.807) is 30.3 Å². The van der Waals surface area contributed by atoms with Crippen LogP contribution in [0.4, 0.5) is 0 Å². The third kappa shape index (κ3) is 5.80. The molecular formula is C18H16ClNO5S. The van der Waals surface area contributed by atoms with Crippen LogP contribution in [0.25, 0.3) is 6.08 Å². The fraction of sp³-hybridized carbons (Fsp3) is 0.111. The van der Waals surface area contributed by atoms with E-state index < -0.39 is 16.0 Å². The minimum absolute atomic E-state index is 0.0433. The van der Waals surface area contributed by atoms with E-state index in [1.165, 1.54) is 30.3 Å². The monoisotopic (exact) mass is 393 g/mol. The van der Waals surface area contributed by atoms with Gasteiger partial charge in [0.05, 0.1) is 11.3 Å². The molecule has 2 rings (SSSR count). The third-order valence-corrected chi connectivity index (χ3v) is 5.07. The van der Waals surface area contributed by atoms with Gasteiger partial charge < -0.3 is 5.11 Å². The van der Waals surface area contributed by atoms with E-state index in [0.717, 1.165) is 5.56 Å². The summed E-state index contributed by atoms with van der Waals surface area (Å²) in [5.41, 5.74) is 1.10. The first-order valence-corrected chi connectivity index (χ1v) is 9.43. The highest BCUT2D eigenvalue weighted by atomic mass is 35.5. The van der Waals surface area contributed by atoms with Crippen LogP contribution in [0.2, 0.25) is 5.02 Å². The second-order valence-corrected chi connectivity index (χ2v) is 7.52. The van der Waals surface area contributed by atoms with Crippen LogP contribution in [-0.4, -0.2) is 31.8 Å².